The van der Waals surface area contributed by atoms with Crippen LogP contribution in [0.1, 0.15) is 5.69 Å². The number of benzene rings is 1. The molecule has 0 bridgehead atoms. The first-order chi connectivity index (χ1) is 10.3. The molecule has 3 rings (SSSR count). The van der Waals surface area contributed by atoms with Crippen LogP contribution in [0.4, 0.5) is 5.69 Å². The van der Waals surface area contributed by atoms with Crippen molar-refractivity contribution in [3.05, 3.63) is 65.3 Å². The highest BCUT2D eigenvalue weighted by Crippen LogP contribution is 2.30. The largest absolute Gasteiger partial charge is 0.418 e. The van der Waals surface area contributed by atoms with Crippen LogP contribution in [-0.2, 0) is 0 Å². The van der Waals surface area contributed by atoms with Crippen molar-refractivity contribution in [2.24, 2.45) is 5.18 Å². The standard InChI is InChI=1S/C15H12N4O2/c1-11-10-14(19(17-11)12-6-3-2-4-7-12)21-15-13(18-20)8-5-9-16-15/h2-10H,1H3. The Morgan fingerprint density at radius 1 is 1.14 bits per heavy atom. The molecule has 0 saturated carbocycles. The molecule has 0 unspecified atom stereocenters. The minimum Gasteiger partial charge on any atom is -0.418 e. The van der Waals surface area contributed by atoms with Gasteiger partial charge in [0.25, 0.3) is 5.88 Å². The third-order valence-corrected chi connectivity index (χ3v) is 2.85. The first kappa shape index (κ1) is 13.0. The van der Waals surface area contributed by atoms with E-state index >= 15 is 0 Å². The number of nitrogens with zero attached hydrogens (tertiary/aromatic N) is 4. The van der Waals surface area contributed by atoms with Crippen molar-refractivity contribution < 1.29 is 4.74 Å². The second-order valence-corrected chi connectivity index (χ2v) is 4.39. The number of hydrogen-bond acceptors (Lipinski definition) is 5. The van der Waals surface area contributed by atoms with Crippen molar-refractivity contribution in [2.75, 3.05) is 0 Å². The average molecular weight is 280 g/mol. The molecule has 1 aromatic carbocycles. The van der Waals surface area contributed by atoms with Gasteiger partial charge in [-0.25, -0.2) is 9.67 Å². The predicted octanol–water partition coefficient (Wildman–Crippen LogP) is 3.77. The smallest absolute Gasteiger partial charge is 0.250 e. The lowest BCUT2D eigenvalue weighted by Crippen LogP contribution is -2.00. The molecule has 0 amide bonds. The minimum atomic E-state index is 0.149. The molecule has 2 aromatic heterocycles. The van der Waals surface area contributed by atoms with E-state index in [0.29, 0.717) is 5.88 Å². The van der Waals surface area contributed by atoms with Gasteiger partial charge >= 0.3 is 0 Å². The summed E-state index contributed by atoms with van der Waals surface area (Å²) in [6, 6.07) is 14.5. The lowest BCUT2D eigenvalue weighted by molar-refractivity contribution is 0.429. The van der Waals surface area contributed by atoms with Gasteiger partial charge in [-0.2, -0.15) is 5.10 Å². The summed E-state index contributed by atoms with van der Waals surface area (Å²) in [5.74, 6) is 0.631. The predicted molar refractivity (Wildman–Crippen MR) is 78.1 cm³/mol. The van der Waals surface area contributed by atoms with E-state index in [0.717, 1.165) is 11.4 Å². The molecule has 21 heavy (non-hydrogen) atoms. The number of rotatable bonds is 4. The molecule has 0 aliphatic heterocycles. The fourth-order valence-corrected chi connectivity index (χ4v) is 1.93. The van der Waals surface area contributed by atoms with Crippen molar-refractivity contribution in [3.63, 3.8) is 0 Å². The Morgan fingerprint density at radius 2 is 1.95 bits per heavy atom. The van der Waals surface area contributed by atoms with Crippen LogP contribution in [0, 0.1) is 11.8 Å². The van der Waals surface area contributed by atoms with Crippen molar-refractivity contribution in [2.45, 2.75) is 6.92 Å². The number of nitroso groups, excluding NO2 is 1. The molecule has 0 atom stereocenters. The molecule has 0 fully saturated rings. The summed E-state index contributed by atoms with van der Waals surface area (Å²) >= 11 is 0. The Labute approximate surface area is 121 Å². The maximum Gasteiger partial charge on any atom is 0.250 e. The summed E-state index contributed by atoms with van der Waals surface area (Å²) in [5.41, 5.74) is 1.80. The number of ether oxygens (including phenoxy) is 1. The highest BCUT2D eigenvalue weighted by Gasteiger charge is 2.13. The van der Waals surface area contributed by atoms with E-state index in [4.69, 9.17) is 4.74 Å². The first-order valence-electron chi connectivity index (χ1n) is 6.36. The van der Waals surface area contributed by atoms with Gasteiger partial charge in [0.15, 0.2) is 5.69 Å². The maximum absolute atomic E-state index is 10.8. The fourth-order valence-electron chi connectivity index (χ4n) is 1.93. The Bertz CT molecular complexity index is 768. The number of para-hydroxylation sites is 1. The average Bonchev–Trinajstić information content (AvgIpc) is 2.89. The van der Waals surface area contributed by atoms with E-state index in [1.165, 1.54) is 0 Å². The van der Waals surface area contributed by atoms with Gasteiger partial charge < -0.3 is 4.74 Å². The van der Waals surface area contributed by atoms with Gasteiger partial charge in [-0.3, -0.25) is 0 Å². The normalized spacial score (nSPS) is 10.3. The zero-order chi connectivity index (χ0) is 14.7. The summed E-state index contributed by atoms with van der Waals surface area (Å²) in [6.45, 7) is 1.86. The fraction of sp³-hybridized carbons (Fsp3) is 0.0667. The van der Waals surface area contributed by atoms with Gasteiger partial charge in [-0.1, -0.05) is 18.2 Å². The molecule has 0 spiro atoms. The monoisotopic (exact) mass is 280 g/mol. The summed E-state index contributed by atoms with van der Waals surface area (Å²) in [6.07, 6.45) is 1.54. The van der Waals surface area contributed by atoms with Gasteiger partial charge in [0.05, 0.1) is 11.4 Å². The van der Waals surface area contributed by atoms with Crippen LogP contribution in [0.2, 0.25) is 0 Å². The van der Waals surface area contributed by atoms with Crippen molar-refractivity contribution in [1.29, 1.82) is 0 Å². The highest BCUT2D eigenvalue weighted by molar-refractivity contribution is 5.48. The Morgan fingerprint density at radius 3 is 2.71 bits per heavy atom. The number of pyridine rings is 1. The van der Waals surface area contributed by atoms with Gasteiger partial charge in [-0.15, -0.1) is 4.91 Å². The van der Waals surface area contributed by atoms with Crippen LogP contribution in [0.5, 0.6) is 11.8 Å². The van der Waals surface area contributed by atoms with Gasteiger partial charge in [-0.05, 0) is 36.4 Å². The Hall–Kier alpha value is -3.02. The second-order valence-electron chi connectivity index (χ2n) is 4.39. The van der Waals surface area contributed by atoms with E-state index in [1.807, 2.05) is 37.3 Å². The van der Waals surface area contributed by atoms with E-state index in [-0.39, 0.29) is 11.6 Å². The summed E-state index contributed by atoms with van der Waals surface area (Å²) in [4.78, 5) is 14.8. The molecule has 0 N–H and O–H groups in total. The summed E-state index contributed by atoms with van der Waals surface area (Å²) in [7, 11) is 0. The molecule has 104 valence electrons. The van der Waals surface area contributed by atoms with Crippen LogP contribution >= 0.6 is 0 Å². The minimum absolute atomic E-state index is 0.149. The lowest BCUT2D eigenvalue weighted by Gasteiger charge is -2.08. The Balaban J connectivity index is 2.02. The second kappa shape index (κ2) is 5.54. The summed E-state index contributed by atoms with van der Waals surface area (Å²) < 4.78 is 7.35. The van der Waals surface area contributed by atoms with Crippen LogP contribution < -0.4 is 4.74 Å². The van der Waals surface area contributed by atoms with Crippen LogP contribution in [0.3, 0.4) is 0 Å². The quantitative estimate of drug-likeness (QED) is 0.682. The molecule has 3 aromatic rings. The van der Waals surface area contributed by atoms with Crippen molar-refractivity contribution in [1.82, 2.24) is 14.8 Å². The number of hydrogen-bond donors (Lipinski definition) is 0. The van der Waals surface area contributed by atoms with Gasteiger partial charge in [0.2, 0.25) is 5.88 Å². The zero-order valence-corrected chi connectivity index (χ0v) is 11.3. The van der Waals surface area contributed by atoms with E-state index < -0.39 is 0 Å². The third-order valence-electron chi connectivity index (χ3n) is 2.85. The van der Waals surface area contributed by atoms with E-state index in [1.54, 1.807) is 29.1 Å². The SMILES string of the molecule is Cc1cc(Oc2ncccc2N=O)n(-c2ccccc2)n1. The van der Waals surface area contributed by atoms with Crippen LogP contribution in [-0.4, -0.2) is 14.8 Å². The van der Waals surface area contributed by atoms with Crippen molar-refractivity contribution >= 4 is 5.69 Å². The third kappa shape index (κ3) is 2.64. The highest BCUT2D eigenvalue weighted by atomic mass is 16.5. The molecule has 0 radical (unpaired) electrons. The first-order valence-corrected chi connectivity index (χ1v) is 6.36. The molecule has 2 heterocycles. The lowest BCUT2D eigenvalue weighted by atomic mass is 10.3. The van der Waals surface area contributed by atoms with Crippen LogP contribution in [0.15, 0.2) is 59.9 Å². The maximum atomic E-state index is 10.8. The Kier molecular flexibility index (Phi) is 3.42. The molecule has 0 aliphatic rings. The molecule has 6 nitrogen and oxygen atoms in total. The molecule has 0 saturated heterocycles. The van der Waals surface area contributed by atoms with Crippen LogP contribution in [0.25, 0.3) is 5.69 Å². The topological polar surface area (TPSA) is 69.4 Å². The van der Waals surface area contributed by atoms with E-state index in [2.05, 4.69) is 15.3 Å². The number of aryl methyl sites for hydroxylation is 1. The molecular formula is C15H12N4O2. The van der Waals surface area contributed by atoms with Gasteiger partial charge in [0, 0.05) is 12.3 Å². The molecule has 6 heteroatoms. The molecule has 0 aliphatic carbocycles. The molecular weight excluding hydrogens is 268 g/mol. The van der Waals surface area contributed by atoms with Crippen molar-refractivity contribution in [3.8, 4) is 17.4 Å². The number of aromatic nitrogens is 3. The summed E-state index contributed by atoms with van der Waals surface area (Å²) in [5, 5.41) is 7.30. The zero-order valence-electron chi connectivity index (χ0n) is 11.3. The van der Waals surface area contributed by atoms with E-state index in [9.17, 15) is 4.91 Å². The van der Waals surface area contributed by atoms with Gasteiger partial charge in [0.1, 0.15) is 0 Å².